The Balaban J connectivity index is 1.41. The van der Waals surface area contributed by atoms with Crippen LogP contribution in [-0.2, 0) is 17.8 Å². The first kappa shape index (κ1) is 25.8. The molecule has 1 N–H and O–H groups in total. The molecule has 1 aliphatic rings. The van der Waals surface area contributed by atoms with E-state index in [0.717, 1.165) is 32.8 Å². The van der Waals surface area contributed by atoms with Crippen molar-refractivity contribution in [2.75, 3.05) is 11.4 Å². The Hall–Kier alpha value is -3.80. The third-order valence-corrected chi connectivity index (χ3v) is 7.65. The molecule has 38 heavy (non-hydrogen) atoms. The smallest absolute Gasteiger partial charge is 0.265 e. The number of benzene rings is 4. The van der Waals surface area contributed by atoms with Crippen molar-refractivity contribution in [3.8, 4) is 0 Å². The molecule has 5 rings (SSSR count). The summed E-state index contributed by atoms with van der Waals surface area (Å²) in [6, 6.07) is 31.2. The number of thioether (sulfide) groups is 1. The summed E-state index contributed by atoms with van der Waals surface area (Å²) in [5.74, 6) is -0.242. The summed E-state index contributed by atoms with van der Waals surface area (Å²) in [4.78, 5) is 30.1. The first-order valence-corrected chi connectivity index (χ1v) is 13.6. The quantitative estimate of drug-likeness (QED) is 0.251. The number of hydrogen-bond donors (Lipinski definition) is 1. The van der Waals surface area contributed by atoms with E-state index in [0.29, 0.717) is 35.0 Å². The Kier molecular flexibility index (Phi) is 7.97. The predicted molar refractivity (Wildman–Crippen MR) is 157 cm³/mol. The Morgan fingerprint density at radius 3 is 2.47 bits per heavy atom. The molecule has 0 saturated carbocycles. The molecule has 4 aromatic rings. The van der Waals surface area contributed by atoms with E-state index in [1.54, 1.807) is 4.90 Å². The van der Waals surface area contributed by atoms with Gasteiger partial charge in [0.05, 0.1) is 17.1 Å². The molecule has 0 fully saturated rings. The predicted octanol–water partition coefficient (Wildman–Crippen LogP) is 7.30. The van der Waals surface area contributed by atoms with Crippen molar-refractivity contribution in [1.29, 1.82) is 0 Å². The number of nitrogens with one attached hydrogen (secondary N) is 1. The monoisotopic (exact) mass is 538 g/mol. The summed E-state index contributed by atoms with van der Waals surface area (Å²) in [5, 5.41) is 3.69. The van der Waals surface area contributed by atoms with Crippen molar-refractivity contribution in [3.05, 3.63) is 135 Å². The fourth-order valence-corrected chi connectivity index (χ4v) is 5.54. The maximum Gasteiger partial charge on any atom is 0.265 e. The zero-order valence-corrected chi connectivity index (χ0v) is 22.6. The van der Waals surface area contributed by atoms with E-state index in [1.807, 2.05) is 104 Å². The molecule has 190 valence electrons. The van der Waals surface area contributed by atoms with Gasteiger partial charge in [-0.3, -0.25) is 9.59 Å². The number of aryl methyl sites for hydroxylation is 1. The average Bonchev–Trinajstić information content (AvgIpc) is 2.92. The average molecular weight is 539 g/mol. The van der Waals surface area contributed by atoms with Gasteiger partial charge in [0.2, 0.25) is 0 Å². The Morgan fingerprint density at radius 2 is 1.71 bits per heavy atom. The van der Waals surface area contributed by atoms with Crippen LogP contribution in [0.3, 0.4) is 0 Å². The molecule has 0 bridgehead atoms. The lowest BCUT2D eigenvalue weighted by atomic mass is 10.1. The lowest BCUT2D eigenvalue weighted by Crippen LogP contribution is -2.34. The van der Waals surface area contributed by atoms with Crippen molar-refractivity contribution in [3.63, 3.8) is 0 Å². The van der Waals surface area contributed by atoms with Crippen LogP contribution in [-0.4, -0.2) is 18.4 Å². The van der Waals surface area contributed by atoms with E-state index in [4.69, 9.17) is 11.6 Å². The minimum absolute atomic E-state index is 0.0758. The van der Waals surface area contributed by atoms with Gasteiger partial charge in [0.15, 0.2) is 0 Å². The van der Waals surface area contributed by atoms with Crippen molar-refractivity contribution in [1.82, 2.24) is 5.32 Å². The SMILES string of the molecule is Cc1cccc(CN2C(=O)C(=Cc3ccccc3)Sc3ccc(C(=O)NCCc4ccc(Cl)cc4)cc32)c1. The molecule has 4 aromatic carbocycles. The van der Waals surface area contributed by atoms with E-state index in [2.05, 4.69) is 11.4 Å². The van der Waals surface area contributed by atoms with Crippen LogP contribution >= 0.6 is 23.4 Å². The van der Waals surface area contributed by atoms with Crippen molar-refractivity contribution in [2.24, 2.45) is 0 Å². The molecule has 0 aromatic heterocycles. The van der Waals surface area contributed by atoms with Crippen molar-refractivity contribution < 1.29 is 9.59 Å². The van der Waals surface area contributed by atoms with Gasteiger partial charge in [-0.05, 0) is 66.4 Å². The van der Waals surface area contributed by atoms with Crippen molar-refractivity contribution in [2.45, 2.75) is 24.8 Å². The molecule has 1 heterocycles. The fourth-order valence-electron chi connectivity index (χ4n) is 4.38. The standard InChI is InChI=1S/C32H27ClN2O2S/c1-22-6-5-9-25(18-22)21-35-28-20-26(31(36)34-17-16-23-10-13-27(33)14-11-23)12-15-29(28)38-30(32(35)37)19-24-7-3-2-4-8-24/h2-15,18-20H,16-17,21H2,1H3,(H,34,36). The minimum atomic E-state index is -0.166. The topological polar surface area (TPSA) is 49.4 Å². The lowest BCUT2D eigenvalue weighted by molar-refractivity contribution is -0.114. The molecule has 1 aliphatic heterocycles. The van der Waals surface area contributed by atoms with Crippen LogP contribution in [0.25, 0.3) is 6.08 Å². The number of fused-ring (bicyclic) bond motifs is 1. The number of halogens is 1. The van der Waals surface area contributed by atoms with Crippen LogP contribution in [0.4, 0.5) is 5.69 Å². The second-order valence-electron chi connectivity index (χ2n) is 9.22. The Bertz CT molecular complexity index is 1500. The van der Waals surface area contributed by atoms with Gasteiger partial charge in [0, 0.05) is 22.0 Å². The summed E-state index contributed by atoms with van der Waals surface area (Å²) >= 11 is 7.40. The summed E-state index contributed by atoms with van der Waals surface area (Å²) in [5.41, 5.74) is 5.52. The number of hydrogen-bond acceptors (Lipinski definition) is 3. The molecule has 0 saturated heterocycles. The minimum Gasteiger partial charge on any atom is -0.352 e. The van der Waals surface area contributed by atoms with E-state index in [9.17, 15) is 9.59 Å². The van der Waals surface area contributed by atoms with Gasteiger partial charge in [0.1, 0.15) is 0 Å². The largest absolute Gasteiger partial charge is 0.352 e. The first-order valence-electron chi connectivity index (χ1n) is 12.4. The lowest BCUT2D eigenvalue weighted by Gasteiger charge is -2.31. The zero-order chi connectivity index (χ0) is 26.5. The van der Waals surface area contributed by atoms with E-state index < -0.39 is 0 Å². The van der Waals surface area contributed by atoms with Gasteiger partial charge >= 0.3 is 0 Å². The van der Waals surface area contributed by atoms with Crippen LogP contribution in [0, 0.1) is 6.92 Å². The normalized spacial score (nSPS) is 13.9. The molecule has 2 amide bonds. The number of nitrogens with zero attached hydrogens (tertiary/aromatic N) is 1. The maximum absolute atomic E-state index is 13.7. The highest BCUT2D eigenvalue weighted by molar-refractivity contribution is 8.04. The number of carbonyl (C=O) groups excluding carboxylic acids is 2. The van der Waals surface area contributed by atoms with Gasteiger partial charge in [-0.25, -0.2) is 0 Å². The van der Waals surface area contributed by atoms with E-state index >= 15 is 0 Å². The molecule has 0 spiro atoms. The highest BCUT2D eigenvalue weighted by Gasteiger charge is 2.30. The first-order chi connectivity index (χ1) is 18.5. The highest BCUT2D eigenvalue weighted by Crippen LogP contribution is 2.43. The Labute approximate surface area is 232 Å². The van der Waals surface area contributed by atoms with Gasteiger partial charge in [-0.1, -0.05) is 95.7 Å². The van der Waals surface area contributed by atoms with Crippen LogP contribution in [0.2, 0.25) is 5.02 Å². The van der Waals surface area contributed by atoms with E-state index in [1.165, 1.54) is 11.8 Å². The summed E-state index contributed by atoms with van der Waals surface area (Å²) < 4.78 is 0. The van der Waals surface area contributed by atoms with E-state index in [-0.39, 0.29) is 11.8 Å². The molecule has 6 heteroatoms. The second kappa shape index (κ2) is 11.7. The third-order valence-electron chi connectivity index (χ3n) is 6.32. The molecule has 0 radical (unpaired) electrons. The zero-order valence-electron chi connectivity index (χ0n) is 21.0. The highest BCUT2D eigenvalue weighted by atomic mass is 35.5. The summed E-state index contributed by atoms with van der Waals surface area (Å²) in [6.45, 7) is 2.96. The van der Waals surface area contributed by atoms with Gasteiger partial charge in [0.25, 0.3) is 11.8 Å². The molecule has 0 aliphatic carbocycles. The van der Waals surface area contributed by atoms with Crippen molar-refractivity contribution >= 4 is 46.9 Å². The molecular formula is C32H27ClN2O2S. The van der Waals surface area contributed by atoms with Crippen LogP contribution in [0.15, 0.2) is 107 Å². The van der Waals surface area contributed by atoms with Gasteiger partial charge in [-0.2, -0.15) is 0 Å². The van der Waals surface area contributed by atoms with Gasteiger partial charge < -0.3 is 10.2 Å². The number of amides is 2. The maximum atomic E-state index is 13.7. The van der Waals surface area contributed by atoms with Gasteiger partial charge in [-0.15, -0.1) is 0 Å². The fraction of sp³-hybridized carbons (Fsp3) is 0.125. The van der Waals surface area contributed by atoms with Crippen LogP contribution < -0.4 is 10.2 Å². The van der Waals surface area contributed by atoms with Crippen LogP contribution in [0.1, 0.15) is 32.6 Å². The second-order valence-corrected chi connectivity index (χ2v) is 10.7. The summed E-state index contributed by atoms with van der Waals surface area (Å²) in [7, 11) is 0. The molecule has 0 unspecified atom stereocenters. The number of anilines is 1. The van der Waals surface area contributed by atoms with Crippen LogP contribution in [0.5, 0.6) is 0 Å². The molecule has 0 atom stereocenters. The molecule has 4 nitrogen and oxygen atoms in total. The number of rotatable bonds is 7. The molecular weight excluding hydrogens is 512 g/mol. The number of carbonyl (C=O) groups is 2. The Morgan fingerprint density at radius 1 is 0.921 bits per heavy atom. The summed E-state index contributed by atoms with van der Waals surface area (Å²) in [6.07, 6.45) is 2.63. The third kappa shape index (κ3) is 6.18.